The second kappa shape index (κ2) is 5.90. The summed E-state index contributed by atoms with van der Waals surface area (Å²) in [6.07, 6.45) is 5.45. The largest absolute Gasteiger partial charge is 0.494 e. The molecule has 1 aliphatic rings. The lowest BCUT2D eigenvalue weighted by atomic mass is 10.2. The third-order valence-electron chi connectivity index (χ3n) is 4.17. The summed E-state index contributed by atoms with van der Waals surface area (Å²) >= 11 is 6.19. The number of nitrogens with zero attached hydrogens (tertiary/aromatic N) is 6. The predicted molar refractivity (Wildman–Crippen MR) is 88.7 cm³/mol. The molecule has 3 aromatic rings. The number of halogens is 1. The Morgan fingerprint density at radius 1 is 1.33 bits per heavy atom. The molecular weight excluding hydrogens is 328 g/mol. The number of aromatic nitrogens is 6. The van der Waals surface area contributed by atoms with Crippen LogP contribution in [0.2, 0.25) is 5.02 Å². The fourth-order valence-corrected chi connectivity index (χ4v) is 2.83. The van der Waals surface area contributed by atoms with Crippen molar-refractivity contribution < 1.29 is 4.74 Å². The lowest BCUT2D eigenvalue weighted by Crippen LogP contribution is -2.14. The van der Waals surface area contributed by atoms with Crippen LogP contribution >= 0.6 is 11.6 Å². The minimum Gasteiger partial charge on any atom is -0.494 e. The Balaban J connectivity index is 1.86. The molecule has 8 heteroatoms. The Bertz CT molecular complexity index is 856. The number of hydrogen-bond donors (Lipinski definition) is 0. The van der Waals surface area contributed by atoms with Crippen molar-refractivity contribution in [1.82, 2.24) is 29.5 Å². The van der Waals surface area contributed by atoms with E-state index < -0.39 is 0 Å². The van der Waals surface area contributed by atoms with Crippen molar-refractivity contribution in [2.45, 2.75) is 31.7 Å². The number of hydrogen-bond acceptors (Lipinski definition) is 5. The van der Waals surface area contributed by atoms with E-state index in [2.05, 4.69) is 10.1 Å². The summed E-state index contributed by atoms with van der Waals surface area (Å²) in [5, 5.41) is 9.57. The minimum atomic E-state index is -0.115. The van der Waals surface area contributed by atoms with Crippen molar-refractivity contribution in [3.8, 4) is 11.4 Å². The van der Waals surface area contributed by atoms with E-state index in [9.17, 15) is 0 Å². The van der Waals surface area contributed by atoms with Gasteiger partial charge in [-0.15, -0.1) is 0 Å². The summed E-state index contributed by atoms with van der Waals surface area (Å²) in [6.45, 7) is 2.02. The van der Waals surface area contributed by atoms with Gasteiger partial charge in [0, 0.05) is 10.9 Å². The SMILES string of the molecule is COc1ccc(Cl)cc1-n1nc(C2CC2)nc1[C@H](C)n1cncn1. The van der Waals surface area contributed by atoms with Crippen LogP contribution in [-0.2, 0) is 0 Å². The Kier molecular flexibility index (Phi) is 3.72. The molecular formula is C16H17ClN6O. The summed E-state index contributed by atoms with van der Waals surface area (Å²) < 4.78 is 9.05. The summed E-state index contributed by atoms with van der Waals surface area (Å²) in [5.74, 6) is 2.78. The minimum absolute atomic E-state index is 0.115. The van der Waals surface area contributed by atoms with Crippen molar-refractivity contribution in [1.29, 1.82) is 0 Å². The van der Waals surface area contributed by atoms with Gasteiger partial charge in [-0.05, 0) is 38.0 Å². The molecule has 1 saturated carbocycles. The zero-order valence-corrected chi connectivity index (χ0v) is 14.2. The van der Waals surface area contributed by atoms with Gasteiger partial charge in [0.2, 0.25) is 0 Å². The van der Waals surface area contributed by atoms with Crippen LogP contribution in [0.25, 0.3) is 5.69 Å². The van der Waals surface area contributed by atoms with Crippen LogP contribution in [0.15, 0.2) is 30.9 Å². The second-order valence-corrected chi connectivity index (χ2v) is 6.32. The smallest absolute Gasteiger partial charge is 0.157 e. The van der Waals surface area contributed by atoms with Crippen molar-refractivity contribution in [3.63, 3.8) is 0 Å². The van der Waals surface area contributed by atoms with Crippen LogP contribution < -0.4 is 4.74 Å². The van der Waals surface area contributed by atoms with Crippen LogP contribution in [-0.4, -0.2) is 36.6 Å². The van der Waals surface area contributed by atoms with Crippen molar-refractivity contribution in [2.24, 2.45) is 0 Å². The van der Waals surface area contributed by atoms with Gasteiger partial charge in [-0.2, -0.15) is 10.2 Å². The monoisotopic (exact) mass is 344 g/mol. The molecule has 4 rings (SSSR count). The van der Waals surface area contributed by atoms with Crippen LogP contribution in [0.4, 0.5) is 0 Å². The van der Waals surface area contributed by atoms with E-state index in [1.54, 1.807) is 24.2 Å². The van der Waals surface area contributed by atoms with Crippen molar-refractivity contribution in [2.75, 3.05) is 7.11 Å². The Hall–Kier alpha value is -2.41. The molecule has 0 saturated heterocycles. The van der Waals surface area contributed by atoms with E-state index in [0.717, 1.165) is 30.2 Å². The Morgan fingerprint density at radius 2 is 2.17 bits per heavy atom. The molecule has 2 aromatic heterocycles. The molecule has 124 valence electrons. The molecule has 0 bridgehead atoms. The van der Waals surface area contributed by atoms with Gasteiger partial charge in [-0.1, -0.05) is 11.6 Å². The van der Waals surface area contributed by atoms with Crippen LogP contribution in [0.5, 0.6) is 5.75 Å². The first kappa shape index (κ1) is 15.1. The third kappa shape index (κ3) is 2.65. The van der Waals surface area contributed by atoms with E-state index in [0.29, 0.717) is 16.7 Å². The van der Waals surface area contributed by atoms with Crippen LogP contribution in [0, 0.1) is 0 Å². The van der Waals surface area contributed by atoms with E-state index >= 15 is 0 Å². The maximum Gasteiger partial charge on any atom is 0.157 e. The van der Waals surface area contributed by atoms with Crippen molar-refractivity contribution >= 4 is 11.6 Å². The number of methoxy groups -OCH3 is 1. The lowest BCUT2D eigenvalue weighted by Gasteiger charge is -2.15. The maximum atomic E-state index is 6.19. The molecule has 0 aliphatic heterocycles. The number of benzene rings is 1. The first-order valence-corrected chi connectivity index (χ1v) is 8.20. The molecule has 24 heavy (non-hydrogen) atoms. The molecule has 1 atom stereocenters. The van der Waals surface area contributed by atoms with Gasteiger partial charge < -0.3 is 4.74 Å². The first-order chi connectivity index (χ1) is 11.7. The average Bonchev–Trinajstić information content (AvgIpc) is 3.13. The maximum absolute atomic E-state index is 6.19. The molecule has 7 nitrogen and oxygen atoms in total. The number of ether oxygens (including phenoxy) is 1. The van der Waals surface area contributed by atoms with Crippen molar-refractivity contribution in [3.05, 3.63) is 47.5 Å². The standard InChI is InChI=1S/C16H17ClN6O/c1-10(22-9-18-8-19-22)16-20-15(11-3-4-11)21-23(16)13-7-12(17)5-6-14(13)24-2/h5-11H,3-4H2,1-2H3/t10-/m0/s1. The molecule has 1 aromatic carbocycles. The van der Waals surface area contributed by atoms with Crippen LogP contribution in [0.3, 0.4) is 0 Å². The van der Waals surface area contributed by atoms with Gasteiger partial charge in [-0.25, -0.2) is 19.3 Å². The number of rotatable bonds is 5. The highest BCUT2D eigenvalue weighted by atomic mass is 35.5. The molecule has 1 fully saturated rings. The molecule has 0 radical (unpaired) electrons. The van der Waals surface area contributed by atoms with Crippen LogP contribution in [0.1, 0.15) is 43.4 Å². The van der Waals surface area contributed by atoms with Gasteiger partial charge in [0.25, 0.3) is 0 Å². The predicted octanol–water partition coefficient (Wildman–Crippen LogP) is 3.01. The average molecular weight is 345 g/mol. The zero-order chi connectivity index (χ0) is 16.7. The molecule has 1 aliphatic carbocycles. The fraction of sp³-hybridized carbons (Fsp3) is 0.375. The van der Waals surface area contributed by atoms with E-state index in [4.69, 9.17) is 26.4 Å². The normalized spacial score (nSPS) is 15.5. The summed E-state index contributed by atoms with van der Waals surface area (Å²) in [5.41, 5.74) is 0.770. The fourth-order valence-electron chi connectivity index (χ4n) is 2.67. The highest BCUT2D eigenvalue weighted by Gasteiger charge is 2.31. The summed E-state index contributed by atoms with van der Waals surface area (Å²) in [6, 6.07) is 5.35. The van der Waals surface area contributed by atoms with E-state index in [1.165, 1.54) is 6.33 Å². The molecule has 2 heterocycles. The molecule has 0 spiro atoms. The van der Waals surface area contributed by atoms with Gasteiger partial charge >= 0.3 is 0 Å². The second-order valence-electron chi connectivity index (χ2n) is 5.88. The third-order valence-corrected chi connectivity index (χ3v) is 4.40. The molecule has 0 unspecified atom stereocenters. The molecule has 0 N–H and O–H groups in total. The van der Waals surface area contributed by atoms with E-state index in [-0.39, 0.29) is 6.04 Å². The highest BCUT2D eigenvalue weighted by molar-refractivity contribution is 6.30. The van der Waals surface area contributed by atoms with Gasteiger partial charge in [0.05, 0.1) is 7.11 Å². The summed E-state index contributed by atoms with van der Waals surface area (Å²) in [7, 11) is 1.63. The van der Waals surface area contributed by atoms with Gasteiger partial charge in [-0.3, -0.25) is 0 Å². The zero-order valence-electron chi connectivity index (χ0n) is 13.4. The quantitative estimate of drug-likeness (QED) is 0.711. The first-order valence-electron chi connectivity index (χ1n) is 7.82. The molecule has 0 amide bonds. The summed E-state index contributed by atoms with van der Waals surface area (Å²) in [4.78, 5) is 8.80. The topological polar surface area (TPSA) is 70.7 Å². The lowest BCUT2D eigenvalue weighted by molar-refractivity contribution is 0.410. The Morgan fingerprint density at radius 3 is 2.83 bits per heavy atom. The van der Waals surface area contributed by atoms with Gasteiger partial charge in [0.1, 0.15) is 30.1 Å². The van der Waals surface area contributed by atoms with Gasteiger partial charge in [0.15, 0.2) is 11.6 Å². The van der Waals surface area contributed by atoms with E-state index in [1.807, 2.05) is 23.7 Å². The Labute approximate surface area is 144 Å². The highest BCUT2D eigenvalue weighted by Crippen LogP contribution is 2.39.